The van der Waals surface area contributed by atoms with Gasteiger partial charge in [-0.2, -0.15) is 4.98 Å². The molecule has 0 N–H and O–H groups in total. The van der Waals surface area contributed by atoms with Crippen molar-refractivity contribution in [2.75, 3.05) is 6.61 Å². The first-order chi connectivity index (χ1) is 8.20. The van der Waals surface area contributed by atoms with Gasteiger partial charge in [-0.15, -0.1) is 0 Å². The smallest absolute Gasteiger partial charge is 0.433 e. The van der Waals surface area contributed by atoms with E-state index in [9.17, 15) is 10.1 Å². The Morgan fingerprint density at radius 1 is 1.47 bits per heavy atom. The van der Waals surface area contributed by atoms with Crippen molar-refractivity contribution in [2.45, 2.75) is 6.92 Å². The van der Waals surface area contributed by atoms with Crippen LogP contribution in [0.5, 0.6) is 5.88 Å². The summed E-state index contributed by atoms with van der Waals surface area (Å²) >= 11 is 0. The van der Waals surface area contributed by atoms with E-state index in [0.717, 1.165) is 0 Å². The molecule has 2 rings (SSSR count). The summed E-state index contributed by atoms with van der Waals surface area (Å²) in [5, 5.41) is 10.5. The van der Waals surface area contributed by atoms with Gasteiger partial charge in [0.2, 0.25) is 5.88 Å². The fraction of sp³-hybridized carbons (Fsp3) is 0.200. The third kappa shape index (κ3) is 2.39. The highest BCUT2D eigenvalue weighted by Gasteiger charge is 2.15. The first kappa shape index (κ1) is 11.1. The zero-order valence-electron chi connectivity index (χ0n) is 8.99. The molecule has 0 aromatic carbocycles. The van der Waals surface area contributed by atoms with Gasteiger partial charge in [-0.05, 0) is 13.0 Å². The normalized spacial score (nSPS) is 10.2. The summed E-state index contributed by atoms with van der Waals surface area (Å²) in [5.74, 6) is 0.546. The van der Waals surface area contributed by atoms with Crippen LogP contribution in [0.4, 0.5) is 5.88 Å². The highest BCUT2D eigenvalue weighted by molar-refractivity contribution is 5.49. The maximum absolute atomic E-state index is 10.5. The van der Waals surface area contributed by atoms with Gasteiger partial charge in [-0.1, -0.05) is 0 Å². The van der Waals surface area contributed by atoms with E-state index in [1.165, 1.54) is 18.3 Å². The molecule has 17 heavy (non-hydrogen) atoms. The van der Waals surface area contributed by atoms with Gasteiger partial charge < -0.3 is 9.15 Å². The minimum Gasteiger partial charge on any atom is -0.478 e. The van der Waals surface area contributed by atoms with Crippen molar-refractivity contribution in [1.82, 2.24) is 9.97 Å². The Bertz CT molecular complexity index is 538. The van der Waals surface area contributed by atoms with E-state index < -0.39 is 4.92 Å². The number of hydrogen-bond acceptors (Lipinski definition) is 6. The van der Waals surface area contributed by atoms with Crippen LogP contribution in [0.3, 0.4) is 0 Å². The molecule has 0 saturated heterocycles. The number of nitrogens with zero attached hydrogens (tertiary/aromatic N) is 3. The van der Waals surface area contributed by atoms with Crippen LogP contribution in [-0.4, -0.2) is 21.5 Å². The Morgan fingerprint density at radius 3 is 2.94 bits per heavy atom. The Labute approximate surface area is 96.2 Å². The van der Waals surface area contributed by atoms with Crippen LogP contribution in [0, 0.1) is 10.1 Å². The molecule has 88 valence electrons. The van der Waals surface area contributed by atoms with Crippen LogP contribution in [0.2, 0.25) is 0 Å². The van der Waals surface area contributed by atoms with Gasteiger partial charge in [0.1, 0.15) is 4.92 Å². The van der Waals surface area contributed by atoms with E-state index in [4.69, 9.17) is 9.15 Å². The summed E-state index contributed by atoms with van der Waals surface area (Å²) in [5.41, 5.74) is 0. The maximum atomic E-state index is 10.5. The highest BCUT2D eigenvalue weighted by Crippen LogP contribution is 2.24. The molecule has 0 spiro atoms. The predicted octanol–water partition coefficient (Wildman–Crippen LogP) is 2.04. The highest BCUT2D eigenvalue weighted by atomic mass is 16.6. The van der Waals surface area contributed by atoms with E-state index in [1.54, 1.807) is 6.07 Å². The number of aromatic nitrogens is 2. The molecular weight excluding hydrogens is 226 g/mol. The number of rotatable bonds is 4. The summed E-state index contributed by atoms with van der Waals surface area (Å²) in [6, 6.07) is 4.31. The lowest BCUT2D eigenvalue weighted by Gasteiger charge is -2.01. The van der Waals surface area contributed by atoms with Gasteiger partial charge in [-0.3, -0.25) is 10.1 Å². The zero-order valence-corrected chi connectivity index (χ0v) is 8.99. The van der Waals surface area contributed by atoms with Crippen molar-refractivity contribution in [3.8, 4) is 17.5 Å². The number of furan rings is 1. The van der Waals surface area contributed by atoms with Crippen molar-refractivity contribution in [1.29, 1.82) is 0 Å². The van der Waals surface area contributed by atoms with E-state index >= 15 is 0 Å². The Hall–Kier alpha value is -2.44. The minimum atomic E-state index is -0.615. The first-order valence-corrected chi connectivity index (χ1v) is 4.91. The molecule has 0 unspecified atom stereocenters. The standard InChI is InChI=1S/C10H9N3O4/c1-2-16-8-5-6-11-10(12-8)7-3-4-9(17-7)13(14)15/h3-6H,2H2,1H3. The molecule has 2 aromatic rings. The van der Waals surface area contributed by atoms with Crippen LogP contribution in [0.1, 0.15) is 6.92 Å². The van der Waals surface area contributed by atoms with Gasteiger partial charge in [0.15, 0.2) is 11.6 Å². The summed E-state index contributed by atoms with van der Waals surface area (Å²) in [6.07, 6.45) is 1.50. The van der Waals surface area contributed by atoms with Crippen molar-refractivity contribution in [3.05, 3.63) is 34.5 Å². The second kappa shape index (κ2) is 4.60. The Balaban J connectivity index is 2.31. The monoisotopic (exact) mass is 235 g/mol. The molecule has 0 aliphatic heterocycles. The van der Waals surface area contributed by atoms with Crippen LogP contribution in [0.25, 0.3) is 11.6 Å². The molecule has 0 fully saturated rings. The van der Waals surface area contributed by atoms with E-state index in [0.29, 0.717) is 12.5 Å². The average molecular weight is 235 g/mol. The predicted molar refractivity (Wildman–Crippen MR) is 57.6 cm³/mol. The molecule has 0 aliphatic carbocycles. The molecule has 0 atom stereocenters. The third-order valence-electron chi connectivity index (χ3n) is 1.91. The van der Waals surface area contributed by atoms with Gasteiger partial charge in [0, 0.05) is 12.3 Å². The average Bonchev–Trinajstić information content (AvgIpc) is 2.79. The van der Waals surface area contributed by atoms with Crippen molar-refractivity contribution >= 4 is 5.88 Å². The van der Waals surface area contributed by atoms with Crippen molar-refractivity contribution in [2.24, 2.45) is 0 Å². The molecule has 0 bridgehead atoms. The fourth-order valence-electron chi connectivity index (χ4n) is 1.24. The molecular formula is C10H9N3O4. The second-order valence-corrected chi connectivity index (χ2v) is 3.05. The first-order valence-electron chi connectivity index (χ1n) is 4.91. The summed E-state index contributed by atoms with van der Waals surface area (Å²) in [7, 11) is 0. The molecule has 7 heteroatoms. The van der Waals surface area contributed by atoms with Crippen LogP contribution in [-0.2, 0) is 0 Å². The Kier molecular flexibility index (Phi) is 2.99. The molecule has 0 amide bonds. The minimum absolute atomic E-state index is 0.234. The molecule has 0 radical (unpaired) electrons. The quantitative estimate of drug-likeness (QED) is 0.594. The molecule has 0 aliphatic rings. The van der Waals surface area contributed by atoms with Crippen molar-refractivity contribution in [3.63, 3.8) is 0 Å². The number of nitro groups is 1. The van der Waals surface area contributed by atoms with Crippen LogP contribution >= 0.6 is 0 Å². The fourth-order valence-corrected chi connectivity index (χ4v) is 1.24. The third-order valence-corrected chi connectivity index (χ3v) is 1.91. The lowest BCUT2D eigenvalue weighted by Crippen LogP contribution is -1.96. The zero-order chi connectivity index (χ0) is 12.3. The van der Waals surface area contributed by atoms with Gasteiger partial charge in [0.05, 0.1) is 12.7 Å². The van der Waals surface area contributed by atoms with Crippen LogP contribution in [0.15, 0.2) is 28.8 Å². The van der Waals surface area contributed by atoms with Crippen LogP contribution < -0.4 is 4.74 Å². The second-order valence-electron chi connectivity index (χ2n) is 3.05. The topological polar surface area (TPSA) is 91.3 Å². The number of hydrogen-bond donors (Lipinski definition) is 0. The largest absolute Gasteiger partial charge is 0.478 e. The molecule has 7 nitrogen and oxygen atoms in total. The molecule has 2 aromatic heterocycles. The van der Waals surface area contributed by atoms with E-state index in [2.05, 4.69) is 9.97 Å². The molecule has 2 heterocycles. The van der Waals surface area contributed by atoms with Crippen molar-refractivity contribution < 1.29 is 14.1 Å². The number of ether oxygens (including phenoxy) is 1. The van der Waals surface area contributed by atoms with Gasteiger partial charge in [-0.25, -0.2) is 4.98 Å². The maximum Gasteiger partial charge on any atom is 0.433 e. The summed E-state index contributed by atoms with van der Waals surface area (Å²) in [4.78, 5) is 17.9. The Morgan fingerprint density at radius 2 is 2.29 bits per heavy atom. The summed E-state index contributed by atoms with van der Waals surface area (Å²) < 4.78 is 10.2. The lowest BCUT2D eigenvalue weighted by molar-refractivity contribution is -0.401. The van der Waals surface area contributed by atoms with Gasteiger partial charge in [0.25, 0.3) is 0 Å². The van der Waals surface area contributed by atoms with E-state index in [1.807, 2.05) is 6.92 Å². The lowest BCUT2D eigenvalue weighted by atomic mass is 10.4. The van der Waals surface area contributed by atoms with Gasteiger partial charge >= 0.3 is 5.88 Å². The molecule has 0 saturated carbocycles. The van der Waals surface area contributed by atoms with E-state index in [-0.39, 0.29) is 17.5 Å². The summed E-state index contributed by atoms with van der Waals surface area (Å²) in [6.45, 7) is 2.31. The SMILES string of the molecule is CCOc1ccnc(-c2ccc([N+](=O)[O-])o2)n1.